The number of rotatable bonds is 5. The van der Waals surface area contributed by atoms with Crippen LogP contribution < -0.4 is 5.32 Å². The van der Waals surface area contributed by atoms with Gasteiger partial charge in [-0.3, -0.25) is 14.9 Å². The lowest BCUT2D eigenvalue weighted by Crippen LogP contribution is -2.37. The Morgan fingerprint density at radius 1 is 1.50 bits per heavy atom. The van der Waals surface area contributed by atoms with Crippen LogP contribution in [0.4, 0.5) is 11.4 Å². The maximum atomic E-state index is 12.3. The summed E-state index contributed by atoms with van der Waals surface area (Å²) in [5, 5.41) is 22.6. The van der Waals surface area contributed by atoms with Crippen LogP contribution in [-0.4, -0.2) is 27.8 Å². The molecule has 0 bridgehead atoms. The van der Waals surface area contributed by atoms with Gasteiger partial charge < -0.3 is 10.2 Å². The number of benzene rings is 1. The van der Waals surface area contributed by atoms with Gasteiger partial charge in [-0.25, -0.2) is 0 Å². The lowest BCUT2D eigenvalue weighted by atomic mass is 10.1. The molecule has 24 heavy (non-hydrogen) atoms. The van der Waals surface area contributed by atoms with Gasteiger partial charge in [-0.05, 0) is 39.8 Å². The van der Waals surface area contributed by atoms with Gasteiger partial charge in [0.25, 0.3) is 11.6 Å². The topological polar surface area (TPSA) is 99.3 Å². The largest absolute Gasteiger partial charge is 0.372 e. The Labute approximate surface area is 145 Å². The fraction of sp³-hybridized carbons (Fsp3) is 0.375. The van der Waals surface area contributed by atoms with Crippen molar-refractivity contribution in [1.82, 2.24) is 4.90 Å². The molecule has 0 fully saturated rings. The van der Waals surface area contributed by atoms with E-state index in [4.69, 9.17) is 11.6 Å². The lowest BCUT2D eigenvalue weighted by molar-refractivity contribution is -0.384. The number of nitro benzene ring substituents is 1. The van der Waals surface area contributed by atoms with Gasteiger partial charge in [0.15, 0.2) is 0 Å². The van der Waals surface area contributed by atoms with E-state index in [-0.39, 0.29) is 27.5 Å². The van der Waals surface area contributed by atoms with Gasteiger partial charge in [0.2, 0.25) is 0 Å². The molecule has 1 aromatic rings. The number of nitrogens with zero attached hydrogens (tertiary/aromatic N) is 3. The van der Waals surface area contributed by atoms with Gasteiger partial charge in [0.05, 0.1) is 4.92 Å². The third-order valence-corrected chi connectivity index (χ3v) is 3.57. The van der Waals surface area contributed by atoms with Crippen LogP contribution in [0.25, 0.3) is 0 Å². The molecule has 0 radical (unpaired) electrons. The molecule has 0 aliphatic carbocycles. The van der Waals surface area contributed by atoms with E-state index in [1.807, 2.05) is 38.7 Å². The number of amides is 1. The maximum absolute atomic E-state index is 12.3. The predicted molar refractivity (Wildman–Crippen MR) is 92.6 cm³/mol. The number of nitro groups is 1. The predicted octanol–water partition coefficient (Wildman–Crippen LogP) is 3.71. The van der Waals surface area contributed by atoms with Crippen molar-refractivity contribution in [3.63, 3.8) is 0 Å². The molecule has 1 aromatic carbocycles. The number of carbonyl (C=O) groups is 1. The van der Waals surface area contributed by atoms with Crippen LogP contribution in [0.2, 0.25) is 5.02 Å². The molecule has 0 saturated heterocycles. The number of anilines is 1. The zero-order valence-corrected chi connectivity index (χ0v) is 14.7. The number of hydrogen-bond acceptors (Lipinski definition) is 5. The molecule has 0 saturated carbocycles. The van der Waals surface area contributed by atoms with Crippen molar-refractivity contribution >= 4 is 28.9 Å². The molecule has 8 heteroatoms. The molecule has 0 atom stereocenters. The molecular formula is C16H19ClN4O3. The molecule has 1 amide bonds. The quantitative estimate of drug-likeness (QED) is 0.377. The fourth-order valence-electron chi connectivity index (χ4n) is 1.98. The first kappa shape index (κ1) is 19.5. The highest BCUT2D eigenvalue weighted by atomic mass is 35.5. The van der Waals surface area contributed by atoms with Crippen LogP contribution in [0, 0.1) is 21.4 Å². The summed E-state index contributed by atoms with van der Waals surface area (Å²) < 4.78 is 0. The zero-order chi connectivity index (χ0) is 18.5. The normalized spacial score (nSPS) is 11.6. The summed E-state index contributed by atoms with van der Waals surface area (Å²) in [5.41, 5.74) is -0.474. The summed E-state index contributed by atoms with van der Waals surface area (Å²) in [4.78, 5) is 24.4. The average Bonchev–Trinajstić information content (AvgIpc) is 2.48. The van der Waals surface area contributed by atoms with Gasteiger partial charge in [-0.2, -0.15) is 5.26 Å². The van der Waals surface area contributed by atoms with Crippen molar-refractivity contribution < 1.29 is 9.72 Å². The van der Waals surface area contributed by atoms with Crippen LogP contribution in [0.1, 0.15) is 27.7 Å². The number of halogens is 1. The summed E-state index contributed by atoms with van der Waals surface area (Å²) in [6, 6.07) is 5.76. The van der Waals surface area contributed by atoms with E-state index in [0.29, 0.717) is 6.54 Å². The van der Waals surface area contributed by atoms with E-state index in [1.165, 1.54) is 18.3 Å². The van der Waals surface area contributed by atoms with Crippen molar-refractivity contribution in [3.05, 3.63) is 45.1 Å². The van der Waals surface area contributed by atoms with Gasteiger partial charge in [-0.15, -0.1) is 0 Å². The number of carbonyl (C=O) groups excluding carboxylic acids is 1. The second kappa shape index (κ2) is 7.79. The van der Waals surface area contributed by atoms with Crippen molar-refractivity contribution in [1.29, 1.82) is 5.26 Å². The fourth-order valence-corrected chi connectivity index (χ4v) is 2.17. The Morgan fingerprint density at radius 3 is 2.58 bits per heavy atom. The van der Waals surface area contributed by atoms with Crippen LogP contribution in [0.15, 0.2) is 30.0 Å². The van der Waals surface area contributed by atoms with Gasteiger partial charge in [0.1, 0.15) is 16.7 Å². The molecule has 1 rings (SSSR count). The minimum absolute atomic E-state index is 0.0288. The van der Waals surface area contributed by atoms with Crippen molar-refractivity contribution in [2.45, 2.75) is 33.2 Å². The van der Waals surface area contributed by atoms with Crippen LogP contribution in [0.5, 0.6) is 0 Å². The summed E-state index contributed by atoms with van der Waals surface area (Å²) in [7, 11) is 0. The standard InChI is InChI=1S/C16H19ClN4O3/c1-5-20(16(2,3)4)10-11(9-18)15(22)19-12-6-7-13(17)14(8-12)21(23)24/h6-8,10H,5H2,1-4H3,(H,19,22)/b11-10-. The Bertz CT molecular complexity index is 717. The molecule has 0 spiro atoms. The summed E-state index contributed by atoms with van der Waals surface area (Å²) in [5.74, 6) is -0.642. The van der Waals surface area contributed by atoms with E-state index in [1.54, 1.807) is 0 Å². The molecule has 0 aliphatic rings. The molecule has 0 aromatic heterocycles. The van der Waals surface area contributed by atoms with E-state index >= 15 is 0 Å². The van der Waals surface area contributed by atoms with Crippen molar-refractivity contribution in [2.75, 3.05) is 11.9 Å². The number of nitriles is 1. The molecule has 7 nitrogen and oxygen atoms in total. The third kappa shape index (κ3) is 4.96. The van der Waals surface area contributed by atoms with Crippen molar-refractivity contribution in [2.24, 2.45) is 0 Å². The van der Waals surface area contributed by atoms with E-state index < -0.39 is 10.8 Å². The van der Waals surface area contributed by atoms with Crippen LogP contribution in [-0.2, 0) is 4.79 Å². The minimum atomic E-state index is -0.642. The van der Waals surface area contributed by atoms with Gasteiger partial charge >= 0.3 is 0 Å². The number of nitrogens with one attached hydrogen (secondary N) is 1. The molecule has 0 unspecified atom stereocenters. The minimum Gasteiger partial charge on any atom is -0.372 e. The second-order valence-electron chi connectivity index (χ2n) is 5.99. The first-order valence-electron chi connectivity index (χ1n) is 7.24. The Morgan fingerprint density at radius 2 is 2.12 bits per heavy atom. The van der Waals surface area contributed by atoms with E-state index in [9.17, 15) is 20.2 Å². The maximum Gasteiger partial charge on any atom is 0.289 e. The highest BCUT2D eigenvalue weighted by Gasteiger charge is 2.20. The monoisotopic (exact) mass is 350 g/mol. The molecule has 1 N–H and O–H groups in total. The molecule has 0 aliphatic heterocycles. The lowest BCUT2D eigenvalue weighted by Gasteiger charge is -2.33. The highest BCUT2D eigenvalue weighted by molar-refractivity contribution is 6.32. The first-order chi connectivity index (χ1) is 11.1. The Balaban J connectivity index is 3.07. The molecular weight excluding hydrogens is 332 g/mol. The third-order valence-electron chi connectivity index (χ3n) is 3.25. The molecule has 128 valence electrons. The van der Waals surface area contributed by atoms with Crippen LogP contribution >= 0.6 is 11.6 Å². The zero-order valence-electron chi connectivity index (χ0n) is 14.0. The van der Waals surface area contributed by atoms with Crippen LogP contribution in [0.3, 0.4) is 0 Å². The number of hydrogen-bond donors (Lipinski definition) is 1. The molecule has 0 heterocycles. The van der Waals surface area contributed by atoms with Gasteiger partial charge in [-0.1, -0.05) is 11.6 Å². The summed E-state index contributed by atoms with van der Waals surface area (Å²) in [6.45, 7) is 8.42. The highest BCUT2D eigenvalue weighted by Crippen LogP contribution is 2.27. The van der Waals surface area contributed by atoms with Gasteiger partial charge in [0, 0.05) is 30.0 Å². The summed E-state index contributed by atoms with van der Waals surface area (Å²) in [6.07, 6.45) is 1.49. The van der Waals surface area contributed by atoms with E-state index in [2.05, 4.69) is 5.32 Å². The second-order valence-corrected chi connectivity index (χ2v) is 6.40. The smallest absolute Gasteiger partial charge is 0.289 e. The summed E-state index contributed by atoms with van der Waals surface area (Å²) >= 11 is 5.73. The van der Waals surface area contributed by atoms with E-state index in [0.717, 1.165) is 6.07 Å². The average molecular weight is 351 g/mol. The van der Waals surface area contributed by atoms with Crippen molar-refractivity contribution in [3.8, 4) is 6.07 Å². The Hall–Kier alpha value is -2.59. The SMILES string of the molecule is CCN(/C=C(/C#N)C(=O)Nc1ccc(Cl)c([N+](=O)[O-])c1)C(C)(C)C. The Kier molecular flexibility index (Phi) is 6.32. The first-order valence-corrected chi connectivity index (χ1v) is 7.62.